The van der Waals surface area contributed by atoms with Crippen LogP contribution in [0.3, 0.4) is 0 Å². The van der Waals surface area contributed by atoms with Gasteiger partial charge in [0.05, 0.1) is 14.1 Å². The number of allylic oxidation sites excluding steroid dienone is 4. The molecule has 0 saturated heterocycles. The number of hydrogen-bond donors (Lipinski definition) is 0. The van der Waals surface area contributed by atoms with Crippen LogP contribution in [-0.2, 0) is 0 Å². The van der Waals surface area contributed by atoms with E-state index in [9.17, 15) is 0 Å². The van der Waals surface area contributed by atoms with Gasteiger partial charge in [-0.2, -0.15) is 0 Å². The maximum Gasteiger partial charge on any atom is 0.116 e. The summed E-state index contributed by atoms with van der Waals surface area (Å²) in [7, 11) is 5.01. The summed E-state index contributed by atoms with van der Waals surface area (Å²) in [6.45, 7) is 14.9. The molecule has 1 nitrogen and oxygen atoms in total. The minimum Gasteiger partial charge on any atom is -0.270 e. The highest BCUT2D eigenvalue weighted by atomic mass is 15.3. The van der Waals surface area contributed by atoms with Crippen molar-refractivity contribution in [3.8, 4) is 0 Å². The van der Waals surface area contributed by atoms with E-state index in [1.807, 2.05) is 11.1 Å². The molecule has 0 bridgehead atoms. The van der Waals surface area contributed by atoms with Gasteiger partial charge < -0.3 is 0 Å². The SMILES string of the molecule is CC1CCC2C(=C1[N+](C)(C)C1=C3C(CCC1C)C3(C)C)C2(C)C. The van der Waals surface area contributed by atoms with Crippen molar-refractivity contribution in [2.45, 2.75) is 67.2 Å². The number of nitrogens with zero attached hydrogens (tertiary/aromatic N) is 1. The lowest BCUT2D eigenvalue weighted by atomic mass is 9.87. The molecule has 2 fully saturated rings. The van der Waals surface area contributed by atoms with Crippen LogP contribution in [0.25, 0.3) is 0 Å². The van der Waals surface area contributed by atoms with Crippen molar-refractivity contribution < 1.29 is 4.48 Å². The molecule has 4 aliphatic carbocycles. The molecule has 0 aromatic heterocycles. The van der Waals surface area contributed by atoms with Gasteiger partial charge in [-0.1, -0.05) is 41.5 Å². The van der Waals surface area contributed by atoms with E-state index in [1.165, 1.54) is 25.7 Å². The molecule has 0 aliphatic heterocycles. The Balaban J connectivity index is 1.85. The van der Waals surface area contributed by atoms with E-state index < -0.39 is 0 Å². The molecule has 0 aromatic rings. The zero-order valence-electron chi connectivity index (χ0n) is 16.6. The van der Waals surface area contributed by atoms with E-state index in [2.05, 4.69) is 55.6 Å². The van der Waals surface area contributed by atoms with Gasteiger partial charge in [0.25, 0.3) is 0 Å². The van der Waals surface area contributed by atoms with Crippen LogP contribution >= 0.6 is 0 Å². The third kappa shape index (κ3) is 1.89. The second-order valence-electron chi connectivity index (χ2n) is 10.6. The van der Waals surface area contributed by atoms with Crippen LogP contribution in [0.2, 0.25) is 0 Å². The highest BCUT2D eigenvalue weighted by Gasteiger charge is 2.63. The molecule has 4 unspecified atom stereocenters. The predicted molar refractivity (Wildman–Crippen MR) is 97.5 cm³/mol. The molecule has 0 amide bonds. The maximum atomic E-state index is 2.51. The van der Waals surface area contributed by atoms with Gasteiger partial charge in [0, 0.05) is 11.8 Å². The van der Waals surface area contributed by atoms with E-state index in [0.717, 1.165) is 28.2 Å². The Bertz CT molecular complexity index is 574. The second-order valence-corrected chi connectivity index (χ2v) is 10.6. The number of fused-ring (bicyclic) bond motifs is 2. The summed E-state index contributed by atoms with van der Waals surface area (Å²) in [5.41, 5.74) is 8.14. The largest absolute Gasteiger partial charge is 0.270 e. The second kappa shape index (κ2) is 4.34. The fourth-order valence-electron chi connectivity index (χ4n) is 6.78. The molecular weight excluding hydrogens is 278 g/mol. The molecule has 4 atom stereocenters. The summed E-state index contributed by atoms with van der Waals surface area (Å²) in [6.07, 6.45) is 5.61. The van der Waals surface area contributed by atoms with Gasteiger partial charge in [0.1, 0.15) is 11.4 Å². The molecule has 0 radical (unpaired) electrons. The van der Waals surface area contributed by atoms with Crippen LogP contribution in [0.5, 0.6) is 0 Å². The van der Waals surface area contributed by atoms with Crippen molar-refractivity contribution in [3.63, 3.8) is 0 Å². The van der Waals surface area contributed by atoms with Gasteiger partial charge in [-0.3, -0.25) is 4.48 Å². The Morgan fingerprint density at radius 1 is 0.696 bits per heavy atom. The lowest BCUT2D eigenvalue weighted by molar-refractivity contribution is -0.822. The van der Waals surface area contributed by atoms with Crippen molar-refractivity contribution in [1.29, 1.82) is 0 Å². The van der Waals surface area contributed by atoms with Crippen LogP contribution in [0.15, 0.2) is 22.5 Å². The Kier molecular flexibility index (Phi) is 3.01. The van der Waals surface area contributed by atoms with Crippen molar-refractivity contribution in [1.82, 2.24) is 0 Å². The zero-order chi connectivity index (χ0) is 16.9. The summed E-state index contributed by atoms with van der Waals surface area (Å²) in [5, 5.41) is 0. The first-order valence-electron chi connectivity index (χ1n) is 9.86. The van der Waals surface area contributed by atoms with Gasteiger partial charge in [0.2, 0.25) is 0 Å². The van der Waals surface area contributed by atoms with Gasteiger partial charge in [-0.05, 0) is 59.5 Å². The number of quaternary nitrogens is 1. The molecule has 0 aromatic carbocycles. The van der Waals surface area contributed by atoms with E-state index in [4.69, 9.17) is 0 Å². The lowest BCUT2D eigenvalue weighted by Gasteiger charge is -2.41. The van der Waals surface area contributed by atoms with E-state index in [0.29, 0.717) is 10.8 Å². The molecule has 2 saturated carbocycles. The quantitative estimate of drug-likeness (QED) is 0.570. The maximum absolute atomic E-state index is 2.51. The zero-order valence-corrected chi connectivity index (χ0v) is 16.6. The highest BCUT2D eigenvalue weighted by Crippen LogP contribution is 2.69. The smallest absolute Gasteiger partial charge is 0.116 e. The minimum absolute atomic E-state index is 0.469. The standard InChI is InChI=1S/C22H36N/c1-13-9-11-15-17(21(15,3)4)19(13)23(7,8)20-14(2)10-12-16-18(20)22(16,5)6/h13-16H,9-12H2,1-8H3/q+1. The lowest BCUT2D eigenvalue weighted by Crippen LogP contribution is -2.44. The fraction of sp³-hybridized carbons (Fsp3) is 0.818. The Hall–Kier alpha value is -0.560. The molecular formula is C22H36N+. The normalized spacial score (nSPS) is 40.7. The third-order valence-electron chi connectivity index (χ3n) is 8.13. The highest BCUT2D eigenvalue weighted by molar-refractivity contribution is 5.44. The van der Waals surface area contributed by atoms with Crippen molar-refractivity contribution >= 4 is 0 Å². The molecule has 23 heavy (non-hydrogen) atoms. The molecule has 4 rings (SSSR count). The first-order valence-corrected chi connectivity index (χ1v) is 9.86. The number of hydrogen-bond acceptors (Lipinski definition) is 0. The van der Waals surface area contributed by atoms with Crippen molar-refractivity contribution in [2.75, 3.05) is 14.1 Å². The first-order chi connectivity index (χ1) is 10.5. The summed E-state index contributed by atoms with van der Waals surface area (Å²) in [6, 6.07) is 0. The molecule has 1 heteroatoms. The average Bonchev–Trinajstić information content (AvgIpc) is 3.19. The fourth-order valence-corrected chi connectivity index (χ4v) is 6.78. The van der Waals surface area contributed by atoms with Gasteiger partial charge >= 0.3 is 0 Å². The average molecular weight is 315 g/mol. The van der Waals surface area contributed by atoms with E-state index >= 15 is 0 Å². The van der Waals surface area contributed by atoms with E-state index in [1.54, 1.807) is 11.4 Å². The molecule has 0 N–H and O–H groups in total. The topological polar surface area (TPSA) is 0 Å². The first kappa shape index (κ1) is 15.9. The Morgan fingerprint density at radius 2 is 1.04 bits per heavy atom. The third-order valence-corrected chi connectivity index (χ3v) is 8.13. The Labute approximate surface area is 143 Å². The minimum atomic E-state index is 0.469. The molecule has 0 spiro atoms. The van der Waals surface area contributed by atoms with Crippen molar-refractivity contribution in [3.05, 3.63) is 22.5 Å². The summed E-state index contributed by atoms with van der Waals surface area (Å²) < 4.78 is 1.08. The predicted octanol–water partition coefficient (Wildman–Crippen LogP) is 5.74. The summed E-state index contributed by atoms with van der Waals surface area (Å²) in [5.74, 6) is 3.25. The van der Waals surface area contributed by atoms with Crippen LogP contribution < -0.4 is 0 Å². The van der Waals surface area contributed by atoms with Crippen LogP contribution in [0.4, 0.5) is 0 Å². The molecule has 4 aliphatic rings. The van der Waals surface area contributed by atoms with Crippen LogP contribution in [-0.4, -0.2) is 18.6 Å². The van der Waals surface area contributed by atoms with Crippen molar-refractivity contribution in [2.24, 2.45) is 34.5 Å². The summed E-state index contributed by atoms with van der Waals surface area (Å²) in [4.78, 5) is 0. The summed E-state index contributed by atoms with van der Waals surface area (Å²) >= 11 is 0. The molecule has 0 heterocycles. The number of rotatable bonds is 2. The Morgan fingerprint density at radius 3 is 1.39 bits per heavy atom. The molecule has 128 valence electrons. The monoisotopic (exact) mass is 314 g/mol. The van der Waals surface area contributed by atoms with Crippen LogP contribution in [0, 0.1) is 34.5 Å². The van der Waals surface area contributed by atoms with Crippen LogP contribution in [0.1, 0.15) is 67.2 Å². The van der Waals surface area contributed by atoms with Gasteiger partial charge in [-0.15, -0.1) is 0 Å². The van der Waals surface area contributed by atoms with Gasteiger partial charge in [0.15, 0.2) is 0 Å². The van der Waals surface area contributed by atoms with E-state index in [-0.39, 0.29) is 0 Å². The van der Waals surface area contributed by atoms with Gasteiger partial charge in [-0.25, -0.2) is 0 Å².